The first-order chi connectivity index (χ1) is 9.93. The molecule has 5 nitrogen and oxygen atoms in total. The molecule has 2 N–H and O–H groups in total. The van der Waals surface area contributed by atoms with Crippen LogP contribution < -0.4 is 10.1 Å². The fraction of sp³-hybridized carbons (Fsp3) is 0.467. The van der Waals surface area contributed by atoms with Gasteiger partial charge < -0.3 is 15.2 Å². The minimum absolute atomic E-state index is 0.0175. The van der Waals surface area contributed by atoms with E-state index in [1.54, 1.807) is 31.2 Å². The Bertz CT molecular complexity index is 492. The lowest BCUT2D eigenvalue weighted by molar-refractivity contribution is -0.137. The van der Waals surface area contributed by atoms with Crippen LogP contribution in [0.3, 0.4) is 0 Å². The molecule has 0 aromatic heterocycles. The smallest absolute Gasteiger partial charge is 0.303 e. The molecule has 0 radical (unpaired) electrons. The number of hydrogen-bond acceptors (Lipinski definition) is 3. The SMILES string of the molecule is CCC(Oc1ccccc1Cl)C(=O)NC(C)CCC(=O)O. The van der Waals surface area contributed by atoms with Crippen molar-refractivity contribution >= 4 is 23.5 Å². The monoisotopic (exact) mass is 313 g/mol. The van der Waals surface area contributed by atoms with Crippen LogP contribution >= 0.6 is 11.6 Å². The first-order valence-corrected chi connectivity index (χ1v) is 7.25. The summed E-state index contributed by atoms with van der Waals surface area (Å²) in [6.07, 6.45) is 0.229. The van der Waals surface area contributed by atoms with E-state index in [-0.39, 0.29) is 18.4 Å². The highest BCUT2D eigenvalue weighted by atomic mass is 35.5. The molecule has 1 rings (SSSR count). The Kier molecular flexibility index (Phi) is 7.02. The van der Waals surface area contributed by atoms with Crippen LogP contribution in [0.1, 0.15) is 33.1 Å². The van der Waals surface area contributed by atoms with E-state index in [1.807, 2.05) is 6.92 Å². The second-order valence-electron chi connectivity index (χ2n) is 4.79. The second-order valence-corrected chi connectivity index (χ2v) is 5.19. The molecule has 1 aromatic carbocycles. The van der Waals surface area contributed by atoms with Gasteiger partial charge in [0.15, 0.2) is 6.10 Å². The lowest BCUT2D eigenvalue weighted by Gasteiger charge is -2.20. The van der Waals surface area contributed by atoms with Crippen molar-refractivity contribution in [2.24, 2.45) is 0 Å². The van der Waals surface area contributed by atoms with E-state index in [4.69, 9.17) is 21.4 Å². The largest absolute Gasteiger partial charge is 0.481 e. The number of ether oxygens (including phenoxy) is 1. The summed E-state index contributed by atoms with van der Waals surface area (Å²) in [6, 6.07) is 6.73. The van der Waals surface area contributed by atoms with Gasteiger partial charge in [-0.15, -0.1) is 0 Å². The normalized spacial score (nSPS) is 13.3. The number of benzene rings is 1. The number of nitrogens with one attached hydrogen (secondary N) is 1. The number of carbonyl (C=O) groups is 2. The summed E-state index contributed by atoms with van der Waals surface area (Å²) in [4.78, 5) is 22.6. The van der Waals surface area contributed by atoms with E-state index in [0.717, 1.165) is 0 Å². The van der Waals surface area contributed by atoms with Crippen molar-refractivity contribution in [2.45, 2.75) is 45.3 Å². The Morgan fingerprint density at radius 1 is 1.38 bits per heavy atom. The molecule has 0 fully saturated rings. The Hall–Kier alpha value is -1.75. The van der Waals surface area contributed by atoms with Gasteiger partial charge in [-0.05, 0) is 31.9 Å². The molecule has 2 unspecified atom stereocenters. The van der Waals surface area contributed by atoms with Crippen molar-refractivity contribution in [3.63, 3.8) is 0 Å². The Morgan fingerprint density at radius 3 is 2.62 bits per heavy atom. The van der Waals surface area contributed by atoms with Crippen LogP contribution in [0.2, 0.25) is 5.02 Å². The molecule has 0 aliphatic heterocycles. The molecular weight excluding hydrogens is 294 g/mol. The molecular formula is C15H20ClNO4. The molecule has 0 aliphatic rings. The highest BCUT2D eigenvalue weighted by molar-refractivity contribution is 6.32. The van der Waals surface area contributed by atoms with Crippen LogP contribution in [0.15, 0.2) is 24.3 Å². The van der Waals surface area contributed by atoms with E-state index in [0.29, 0.717) is 23.6 Å². The number of hydrogen-bond donors (Lipinski definition) is 2. The number of halogens is 1. The highest BCUT2D eigenvalue weighted by Gasteiger charge is 2.21. The van der Waals surface area contributed by atoms with Gasteiger partial charge >= 0.3 is 5.97 Å². The van der Waals surface area contributed by atoms with E-state index in [1.165, 1.54) is 0 Å². The summed E-state index contributed by atoms with van der Waals surface area (Å²) in [5.74, 6) is -0.690. The van der Waals surface area contributed by atoms with Crippen LogP contribution in [0, 0.1) is 0 Å². The van der Waals surface area contributed by atoms with Crippen LogP contribution in [-0.2, 0) is 9.59 Å². The van der Waals surface area contributed by atoms with Crippen LogP contribution in [0.4, 0.5) is 0 Å². The van der Waals surface area contributed by atoms with Crippen molar-refractivity contribution in [3.8, 4) is 5.75 Å². The molecule has 1 amide bonds. The molecule has 0 saturated heterocycles. The fourth-order valence-electron chi connectivity index (χ4n) is 1.76. The van der Waals surface area contributed by atoms with Gasteiger partial charge in [0.25, 0.3) is 5.91 Å². The number of carboxylic acids is 1. The van der Waals surface area contributed by atoms with Gasteiger partial charge in [0, 0.05) is 12.5 Å². The minimum Gasteiger partial charge on any atom is -0.481 e. The minimum atomic E-state index is -0.879. The van der Waals surface area contributed by atoms with Gasteiger partial charge in [0.2, 0.25) is 0 Å². The van der Waals surface area contributed by atoms with Gasteiger partial charge in [-0.3, -0.25) is 9.59 Å². The first kappa shape index (κ1) is 17.3. The van der Waals surface area contributed by atoms with Gasteiger partial charge in [-0.25, -0.2) is 0 Å². The quantitative estimate of drug-likeness (QED) is 0.774. The van der Waals surface area contributed by atoms with E-state index in [9.17, 15) is 9.59 Å². The number of aliphatic carboxylic acids is 1. The Labute approximate surface area is 129 Å². The maximum Gasteiger partial charge on any atom is 0.303 e. The number of para-hydroxylation sites is 1. The molecule has 6 heteroatoms. The summed E-state index contributed by atoms with van der Waals surface area (Å²) >= 11 is 6.00. The predicted octanol–water partition coefficient (Wildman–Crippen LogP) is 2.87. The zero-order valence-corrected chi connectivity index (χ0v) is 12.9. The maximum atomic E-state index is 12.1. The van der Waals surface area contributed by atoms with Crippen LogP contribution in [0.25, 0.3) is 0 Å². The van der Waals surface area contributed by atoms with Crippen molar-refractivity contribution in [1.82, 2.24) is 5.32 Å². The van der Waals surface area contributed by atoms with E-state index in [2.05, 4.69) is 5.32 Å². The van der Waals surface area contributed by atoms with Crippen molar-refractivity contribution in [1.29, 1.82) is 0 Å². The average Bonchev–Trinajstić information content (AvgIpc) is 2.44. The highest BCUT2D eigenvalue weighted by Crippen LogP contribution is 2.24. The molecule has 116 valence electrons. The van der Waals surface area contributed by atoms with Gasteiger partial charge in [0.1, 0.15) is 5.75 Å². The van der Waals surface area contributed by atoms with E-state index < -0.39 is 12.1 Å². The zero-order chi connectivity index (χ0) is 15.8. The topological polar surface area (TPSA) is 75.6 Å². The molecule has 2 atom stereocenters. The van der Waals surface area contributed by atoms with Crippen molar-refractivity contribution < 1.29 is 19.4 Å². The summed E-state index contributed by atoms with van der Waals surface area (Å²) in [5, 5.41) is 11.8. The number of carboxylic acid groups (broad SMARTS) is 1. The summed E-state index contributed by atoms with van der Waals surface area (Å²) in [5.41, 5.74) is 0. The van der Waals surface area contributed by atoms with Crippen molar-refractivity contribution in [3.05, 3.63) is 29.3 Å². The third kappa shape index (κ3) is 6.04. The molecule has 0 heterocycles. The second kappa shape index (κ2) is 8.52. The molecule has 0 spiro atoms. The fourth-order valence-corrected chi connectivity index (χ4v) is 1.94. The van der Waals surface area contributed by atoms with Crippen LogP contribution in [0.5, 0.6) is 5.75 Å². The van der Waals surface area contributed by atoms with Crippen molar-refractivity contribution in [2.75, 3.05) is 0 Å². The lowest BCUT2D eigenvalue weighted by atomic mass is 10.1. The lowest BCUT2D eigenvalue weighted by Crippen LogP contribution is -2.42. The van der Waals surface area contributed by atoms with Gasteiger partial charge in [-0.1, -0.05) is 30.7 Å². The maximum absolute atomic E-state index is 12.1. The molecule has 0 bridgehead atoms. The number of carbonyl (C=O) groups excluding carboxylic acids is 1. The van der Waals surface area contributed by atoms with Crippen LogP contribution in [-0.4, -0.2) is 29.1 Å². The standard InChI is InChI=1S/C15H20ClNO4/c1-3-12(21-13-7-5-4-6-11(13)16)15(20)17-10(2)8-9-14(18)19/h4-7,10,12H,3,8-9H2,1-2H3,(H,17,20)(H,18,19). The Balaban J connectivity index is 2.57. The Morgan fingerprint density at radius 2 is 2.05 bits per heavy atom. The number of rotatable bonds is 8. The summed E-state index contributed by atoms with van der Waals surface area (Å²) in [7, 11) is 0. The summed E-state index contributed by atoms with van der Waals surface area (Å²) in [6.45, 7) is 3.60. The average molecular weight is 314 g/mol. The third-order valence-corrected chi connectivity index (χ3v) is 3.26. The summed E-state index contributed by atoms with van der Waals surface area (Å²) < 4.78 is 5.62. The molecule has 1 aromatic rings. The molecule has 21 heavy (non-hydrogen) atoms. The molecule has 0 aliphatic carbocycles. The first-order valence-electron chi connectivity index (χ1n) is 6.87. The number of amides is 1. The predicted molar refractivity (Wildman–Crippen MR) is 80.6 cm³/mol. The van der Waals surface area contributed by atoms with E-state index >= 15 is 0 Å². The van der Waals surface area contributed by atoms with Gasteiger partial charge in [-0.2, -0.15) is 0 Å². The molecule has 0 saturated carbocycles. The third-order valence-electron chi connectivity index (χ3n) is 2.95. The van der Waals surface area contributed by atoms with Gasteiger partial charge in [0.05, 0.1) is 5.02 Å². The zero-order valence-electron chi connectivity index (χ0n) is 12.1.